The van der Waals surface area contributed by atoms with Crippen LogP contribution in [0, 0.1) is 0 Å². The molecule has 0 atom stereocenters. The van der Waals surface area contributed by atoms with E-state index in [2.05, 4.69) is 5.32 Å². The van der Waals surface area contributed by atoms with Crippen LogP contribution in [-0.4, -0.2) is 29.0 Å². The fourth-order valence-electron chi connectivity index (χ4n) is 0.600. The largest absolute Gasteiger partial charge is 0.381 e. The van der Waals surface area contributed by atoms with Gasteiger partial charge >= 0.3 is 0 Å². The van der Waals surface area contributed by atoms with Crippen LogP contribution in [0.2, 0.25) is 0 Å². The van der Waals surface area contributed by atoms with E-state index < -0.39 is 3.92 Å². The maximum atomic E-state index is 8.04. The first kappa shape index (κ1) is 16.5. The van der Waals surface area contributed by atoms with E-state index in [1.54, 1.807) is 0 Å². The van der Waals surface area contributed by atoms with Crippen molar-refractivity contribution in [3.8, 4) is 0 Å². The number of halogens is 4. The summed E-state index contributed by atoms with van der Waals surface area (Å²) >= 11 is 15.3. The Balaban J connectivity index is 0. The molecule has 0 aromatic carbocycles. The van der Waals surface area contributed by atoms with Gasteiger partial charge in [-0.2, -0.15) is 0 Å². The third-order valence-corrected chi connectivity index (χ3v) is 1.51. The number of hydrogen-bond donors (Lipinski definition) is 2. The van der Waals surface area contributed by atoms with Gasteiger partial charge in [0.1, 0.15) is 0 Å². The van der Waals surface area contributed by atoms with E-state index >= 15 is 0 Å². The third-order valence-electron chi connectivity index (χ3n) is 1.11. The van der Waals surface area contributed by atoms with Gasteiger partial charge in [0, 0.05) is 13.2 Å². The Bertz CT molecular complexity index is 97.7. The van der Waals surface area contributed by atoms with Gasteiger partial charge in [0.05, 0.1) is 6.73 Å². The van der Waals surface area contributed by atoms with Gasteiger partial charge < -0.3 is 9.84 Å². The first-order valence-electron chi connectivity index (χ1n) is 3.56. The molecular formula is C6H13Cl4NO2. The Hall–Kier alpha value is 1.04. The second-order valence-corrected chi connectivity index (χ2v) is 4.43. The Kier molecular flexibility index (Phi) is 12.1. The van der Waals surface area contributed by atoms with E-state index in [1.807, 2.05) is 0 Å². The molecule has 0 bridgehead atoms. The number of alkyl halides is 3. The van der Waals surface area contributed by atoms with Gasteiger partial charge in [-0.3, -0.25) is 5.32 Å². The predicted molar refractivity (Wildman–Crippen MR) is 57.8 cm³/mol. The fraction of sp³-hybridized carbons (Fsp3) is 1.00. The van der Waals surface area contributed by atoms with Crippen LogP contribution in [0.15, 0.2) is 0 Å². The number of nitrogens with one attached hydrogen (secondary N) is 1. The van der Waals surface area contributed by atoms with E-state index in [9.17, 15) is 0 Å². The van der Waals surface area contributed by atoms with Gasteiger partial charge in [0.25, 0.3) is 0 Å². The molecule has 0 radical (unpaired) electrons. The molecule has 1 saturated heterocycles. The molecule has 0 unspecified atom stereocenters. The normalized spacial score (nSPS) is 15.7. The Morgan fingerprint density at radius 3 is 1.77 bits per heavy atom. The number of ether oxygens (including phenoxy) is 1. The lowest BCUT2D eigenvalue weighted by Crippen LogP contribution is -2.28. The molecular weight excluding hydrogens is 260 g/mol. The van der Waals surface area contributed by atoms with Crippen LogP contribution in [0.4, 0.5) is 0 Å². The second kappa shape index (κ2) is 9.59. The smallest absolute Gasteiger partial charge is 0.246 e. The van der Waals surface area contributed by atoms with Gasteiger partial charge in [-0.1, -0.05) is 34.8 Å². The van der Waals surface area contributed by atoms with E-state index in [0.717, 1.165) is 13.2 Å². The fourth-order valence-corrected chi connectivity index (χ4v) is 0.779. The van der Waals surface area contributed by atoms with Crippen molar-refractivity contribution in [3.05, 3.63) is 0 Å². The topological polar surface area (TPSA) is 41.5 Å². The molecule has 0 amide bonds. The van der Waals surface area contributed by atoms with E-state index in [1.165, 1.54) is 12.8 Å². The van der Waals surface area contributed by atoms with Crippen LogP contribution in [0.1, 0.15) is 12.8 Å². The summed E-state index contributed by atoms with van der Waals surface area (Å²) in [4.78, 5) is 0. The molecule has 3 nitrogen and oxygen atoms in total. The molecule has 1 rings (SSSR count). The van der Waals surface area contributed by atoms with Crippen LogP contribution in [0.5, 0.6) is 0 Å². The zero-order chi connectivity index (χ0) is 9.45. The number of rotatable bonds is 1. The first-order chi connectivity index (χ1) is 5.56. The second-order valence-electron chi connectivity index (χ2n) is 2.15. The summed E-state index contributed by atoms with van der Waals surface area (Å²) in [6.07, 6.45) is 2.56. The predicted octanol–water partition coefficient (Wildman–Crippen LogP) is 2.07. The minimum absolute atomic E-state index is 0. The summed E-state index contributed by atoms with van der Waals surface area (Å²) in [6.45, 7) is 1.66. The molecule has 2 N–H and O–H groups in total. The lowest BCUT2D eigenvalue weighted by Gasteiger charge is -2.08. The van der Waals surface area contributed by atoms with Gasteiger partial charge in [-0.15, -0.1) is 12.4 Å². The van der Waals surface area contributed by atoms with Crippen molar-refractivity contribution >= 4 is 47.2 Å². The van der Waals surface area contributed by atoms with E-state index in [0.29, 0.717) is 0 Å². The number of hydrogen-bond acceptors (Lipinski definition) is 3. The van der Waals surface area contributed by atoms with Crippen LogP contribution in [0.25, 0.3) is 0 Å². The van der Waals surface area contributed by atoms with Crippen molar-refractivity contribution in [3.63, 3.8) is 0 Å². The van der Waals surface area contributed by atoms with Crippen LogP contribution in [-0.2, 0) is 4.74 Å². The molecule has 13 heavy (non-hydrogen) atoms. The van der Waals surface area contributed by atoms with Crippen LogP contribution >= 0.6 is 47.2 Å². The maximum Gasteiger partial charge on any atom is 0.246 e. The standard InChI is InChI=1S/C4H8O.C2H4Cl3NO.ClH/c1-2-4-5-3-1;3-2(4,5)6-1-7;/h1-4H2;6-7H,1H2;1H. The molecule has 0 aromatic rings. The minimum Gasteiger partial charge on any atom is -0.381 e. The van der Waals surface area contributed by atoms with Crippen molar-refractivity contribution < 1.29 is 9.84 Å². The molecule has 1 aliphatic heterocycles. The quantitative estimate of drug-likeness (QED) is 0.436. The highest BCUT2D eigenvalue weighted by Gasteiger charge is 2.16. The molecule has 82 valence electrons. The summed E-state index contributed by atoms with van der Waals surface area (Å²) < 4.78 is 3.41. The van der Waals surface area contributed by atoms with Gasteiger partial charge in [0.2, 0.25) is 3.92 Å². The molecule has 1 fully saturated rings. The highest BCUT2D eigenvalue weighted by molar-refractivity contribution is 6.67. The highest BCUT2D eigenvalue weighted by Crippen LogP contribution is 2.20. The monoisotopic (exact) mass is 271 g/mol. The summed E-state index contributed by atoms with van der Waals surface area (Å²) in [7, 11) is 0. The summed E-state index contributed by atoms with van der Waals surface area (Å²) in [6, 6.07) is 0. The van der Waals surface area contributed by atoms with E-state index in [-0.39, 0.29) is 19.1 Å². The van der Waals surface area contributed by atoms with Crippen LogP contribution in [0.3, 0.4) is 0 Å². The van der Waals surface area contributed by atoms with Crippen molar-refractivity contribution in [2.75, 3.05) is 19.9 Å². The van der Waals surface area contributed by atoms with Crippen LogP contribution < -0.4 is 5.32 Å². The van der Waals surface area contributed by atoms with Crippen molar-refractivity contribution in [2.45, 2.75) is 16.8 Å². The van der Waals surface area contributed by atoms with Gasteiger partial charge in [-0.05, 0) is 12.8 Å². The first-order valence-corrected chi connectivity index (χ1v) is 4.70. The average molecular weight is 273 g/mol. The number of aliphatic hydroxyl groups is 1. The molecule has 0 aliphatic carbocycles. The van der Waals surface area contributed by atoms with Crippen molar-refractivity contribution in [1.82, 2.24) is 5.32 Å². The van der Waals surface area contributed by atoms with Gasteiger partial charge in [0.15, 0.2) is 0 Å². The summed E-state index contributed by atoms with van der Waals surface area (Å²) in [5.41, 5.74) is 0. The molecule has 1 aliphatic rings. The lowest BCUT2D eigenvalue weighted by molar-refractivity contribution is 0.198. The molecule has 7 heteroatoms. The maximum absolute atomic E-state index is 8.04. The Morgan fingerprint density at radius 2 is 1.69 bits per heavy atom. The highest BCUT2D eigenvalue weighted by atomic mass is 35.6. The SMILES string of the molecule is C1CCOC1.Cl.OCNC(Cl)(Cl)Cl. The Labute approximate surface area is 99.1 Å². The molecule has 0 saturated carbocycles. The lowest BCUT2D eigenvalue weighted by atomic mass is 10.4. The molecule has 0 spiro atoms. The zero-order valence-electron chi connectivity index (χ0n) is 6.93. The number of aliphatic hydroxyl groups excluding tert-OH is 1. The zero-order valence-corrected chi connectivity index (χ0v) is 10.0. The molecule has 0 aromatic heterocycles. The Morgan fingerprint density at radius 1 is 1.23 bits per heavy atom. The third kappa shape index (κ3) is 15.8. The minimum atomic E-state index is -1.53. The molecule has 1 heterocycles. The summed E-state index contributed by atoms with van der Waals surface area (Å²) in [5, 5.41) is 10.2. The average Bonchev–Trinajstić information content (AvgIpc) is 2.38. The van der Waals surface area contributed by atoms with E-state index in [4.69, 9.17) is 44.6 Å². The van der Waals surface area contributed by atoms with Crippen molar-refractivity contribution in [2.24, 2.45) is 0 Å². The van der Waals surface area contributed by atoms with Crippen molar-refractivity contribution in [1.29, 1.82) is 0 Å². The van der Waals surface area contributed by atoms with Gasteiger partial charge in [-0.25, -0.2) is 0 Å². The summed E-state index contributed by atoms with van der Waals surface area (Å²) in [5.74, 6) is 0.